The van der Waals surface area contributed by atoms with Gasteiger partial charge >= 0.3 is 100 Å². The minimum absolute atomic E-state index is 0. The predicted molar refractivity (Wildman–Crippen MR) is 368 cm³/mol. The molecule has 93 heavy (non-hydrogen) atoms. The van der Waals surface area contributed by atoms with Gasteiger partial charge in [0.1, 0.15) is 22.7 Å². The SMILES string of the molecule is CC(Br)C(=O)Br.CC(Br)C(=O)NC(C)(C)C(=O)O.CC(Br)C(=O)NC(C)(C)C(=O)O.CC(Br)C1=NC(C)(C)C(=O)O1.CC(Br)C1=NC(C)(C)C(=O)O1.CC(C)(N)C(=O)O.CC(N=[N+]=[N-])C1=NC(C)(C)C(=O)O1.CCN(CC)CC.CCOC(=O)Cl.[2H]CF.[N-]=[N+]=[N-].[Na+].[Na+].[OH-]. The molecule has 41 heteroatoms. The van der Waals surface area contributed by atoms with E-state index in [4.69, 9.17) is 64.8 Å². The van der Waals surface area contributed by atoms with Crippen LogP contribution in [-0.4, -0.2) is 198 Å². The average Bonchev–Trinajstić information content (AvgIpc) is 3.92. The van der Waals surface area contributed by atoms with Crippen molar-refractivity contribution in [3.05, 3.63) is 26.4 Å². The number of carboxylic acid groups (broad SMARTS) is 3. The Bertz CT molecular complexity index is 2410. The van der Waals surface area contributed by atoms with Crippen molar-refractivity contribution in [2.45, 2.75) is 216 Å². The van der Waals surface area contributed by atoms with Crippen molar-refractivity contribution >= 4 is 183 Å². The fourth-order valence-corrected chi connectivity index (χ4v) is 4.77. The number of carbonyl (C=O) groups excluding carboxylic acids is 7. The van der Waals surface area contributed by atoms with Gasteiger partial charge in [0.2, 0.25) is 34.2 Å². The number of nitrogens with one attached hydrogen (secondary N) is 2. The van der Waals surface area contributed by atoms with E-state index in [1.54, 1.807) is 76.2 Å². The molecule has 0 spiro atoms. The van der Waals surface area contributed by atoms with Gasteiger partial charge in [0, 0.05) is 16.5 Å². The first kappa shape index (κ1) is 112. The van der Waals surface area contributed by atoms with Crippen LogP contribution < -0.4 is 75.5 Å². The number of ether oxygens (including phenoxy) is 4. The van der Waals surface area contributed by atoms with Crippen LogP contribution in [0.5, 0.6) is 0 Å². The number of carboxylic acids is 3. The third-order valence-corrected chi connectivity index (χ3v) is 13.1. The average molecular weight is 1770 g/mol. The first-order valence-electron chi connectivity index (χ1n) is 27.0. The van der Waals surface area contributed by atoms with Gasteiger partial charge < -0.3 is 72.1 Å². The number of amides is 2. The number of nitrogens with zero attached hydrogens (tertiary/aromatic N) is 10. The fourth-order valence-electron chi connectivity index (χ4n) is 4.04. The van der Waals surface area contributed by atoms with Crippen LogP contribution in [0.15, 0.2) is 20.1 Å². The summed E-state index contributed by atoms with van der Waals surface area (Å²) >= 11 is 23.1. The molecule has 6 unspecified atom stereocenters. The molecule has 3 heterocycles. The molecule has 6 atom stereocenters. The second-order valence-corrected chi connectivity index (χ2v) is 28.7. The van der Waals surface area contributed by atoms with Crippen molar-refractivity contribution in [1.29, 1.82) is 0 Å². The molecule has 31 nitrogen and oxygen atoms in total. The maximum Gasteiger partial charge on any atom is 1.00 e. The number of hydrogen-bond acceptors (Lipinski definition) is 21. The van der Waals surface area contributed by atoms with Gasteiger partial charge in [-0.2, -0.15) is 0 Å². The van der Waals surface area contributed by atoms with Crippen LogP contribution in [0.4, 0.5) is 9.18 Å². The number of aliphatic carboxylic acids is 3. The van der Waals surface area contributed by atoms with Gasteiger partial charge in [-0.15, -0.1) is 0 Å². The van der Waals surface area contributed by atoms with Crippen LogP contribution in [0.1, 0.15) is 154 Å². The maximum atomic E-state index is 11.1. The van der Waals surface area contributed by atoms with E-state index < -0.39 is 75.7 Å². The smallest absolute Gasteiger partial charge is 0.870 e. The molecule has 8 N–H and O–H groups in total. The van der Waals surface area contributed by atoms with Crippen LogP contribution in [0.25, 0.3) is 26.4 Å². The Morgan fingerprint density at radius 1 is 0.656 bits per heavy atom. The van der Waals surface area contributed by atoms with Crippen LogP contribution in [0.2, 0.25) is 0 Å². The number of cyclic esters (lactones) is 3. The third kappa shape index (κ3) is 60.4. The standard InChI is InChI=1S/2C7H12BrNO3.2C7H10BrNO2.C7H10N4O2.C6H15N.C4H9NO2.C3H4Br2O.C3H5ClO2.CH3F.N3.2Na.H2O/c2*1-4(8)5(10)9-7(2,3)6(11)12;2*1-4(8)5-9-7(2,3)6(10)11-5;1-4(10-11-8)5-9-7(2,3)6(12)13-5;1-4-7(5-2)6-3;1-4(2,5)3(6)7;1-2(4)3(5)6;1-2-6-3(4)5;1-2;1-3-2;;;/h2*4H,1-3H3,(H,9,10)(H,11,12);2*4H,1-3H3;4H,1-3H3;4-6H2,1-3H3;5H2,1-2H3,(H,6,7);2H,1H3;2H2,1H3;1H3;;;;1H2/q;;;;;;;;;;-1;2*+1;/p-1/i;;;;;;;;;1D;;;;. The Hall–Kier alpha value is -2.49. The zero-order valence-electron chi connectivity index (χ0n) is 58.1. The number of rotatable bonds is 16. The molecule has 0 bridgehead atoms. The van der Waals surface area contributed by atoms with Crippen molar-refractivity contribution in [3.63, 3.8) is 0 Å². The van der Waals surface area contributed by atoms with Gasteiger partial charge in [-0.25, -0.2) is 43.7 Å². The van der Waals surface area contributed by atoms with Crippen molar-refractivity contribution in [3.8, 4) is 0 Å². The van der Waals surface area contributed by atoms with E-state index in [1.165, 1.54) is 66.1 Å². The maximum absolute atomic E-state index is 11.1. The molecule has 3 aliphatic heterocycles. The molecule has 0 aromatic carbocycles. The number of azide groups is 1. The molecular formula is C52H91Br6ClFN13Na2O18. The van der Waals surface area contributed by atoms with Gasteiger partial charge in [0.05, 0.1) is 39.3 Å². The zero-order valence-corrected chi connectivity index (χ0v) is 71.3. The normalized spacial score (nSPS) is 15.6. The summed E-state index contributed by atoms with van der Waals surface area (Å²) in [5.41, 5.74) is 20.2. The fraction of sp³-hybridized carbons (Fsp3) is 0.750. The number of carbonyl (C=O) groups is 10. The first-order chi connectivity index (χ1) is 40.9. The molecule has 2 amide bonds. The number of hydrogen-bond donors (Lipinski definition) is 6. The third-order valence-electron chi connectivity index (χ3n) is 9.65. The summed E-state index contributed by atoms with van der Waals surface area (Å²) in [6.45, 7) is 41.4. The van der Waals surface area contributed by atoms with E-state index in [0.717, 1.165) is 0 Å². The van der Waals surface area contributed by atoms with Crippen LogP contribution >= 0.6 is 107 Å². The predicted octanol–water partition coefficient (Wildman–Crippen LogP) is 5.44. The van der Waals surface area contributed by atoms with Gasteiger partial charge in [0.15, 0.2) is 16.6 Å². The Balaban J connectivity index is -0.0000000912. The zero-order chi connectivity index (χ0) is 74.6. The molecular weight excluding hydrogens is 1670 g/mol. The van der Waals surface area contributed by atoms with E-state index in [2.05, 4.69) is 162 Å². The molecule has 3 rings (SSSR count). The number of alkyl halides is 6. The summed E-state index contributed by atoms with van der Waals surface area (Å²) < 4.78 is 34.3. The Morgan fingerprint density at radius 2 is 0.892 bits per heavy atom. The van der Waals surface area contributed by atoms with E-state index in [1.807, 2.05) is 13.8 Å². The van der Waals surface area contributed by atoms with Gasteiger partial charge in [-0.05, 0) is 173 Å². The molecule has 0 aliphatic carbocycles. The summed E-state index contributed by atoms with van der Waals surface area (Å²) in [7, 11) is -1.00. The monoisotopic (exact) mass is 1760 g/mol. The van der Waals surface area contributed by atoms with E-state index in [9.17, 15) is 52.3 Å². The molecule has 0 aromatic rings. The largest absolute Gasteiger partial charge is 1.00 e. The molecule has 530 valence electrons. The summed E-state index contributed by atoms with van der Waals surface area (Å²) in [5, 5.41) is 33.5. The van der Waals surface area contributed by atoms with E-state index in [0.29, 0.717) is 18.4 Å². The molecule has 3 aliphatic rings. The molecule has 0 fully saturated rings. The number of esters is 3. The summed E-state index contributed by atoms with van der Waals surface area (Å²) in [6, 6.07) is -0.532. The van der Waals surface area contributed by atoms with Crippen molar-refractivity contribution in [2.24, 2.45) is 25.8 Å². The van der Waals surface area contributed by atoms with E-state index >= 15 is 0 Å². The second kappa shape index (κ2) is 58.5. The molecule has 0 saturated carbocycles. The Labute approximate surface area is 645 Å². The van der Waals surface area contributed by atoms with Crippen molar-refractivity contribution in [2.75, 3.05) is 33.4 Å². The van der Waals surface area contributed by atoms with Crippen molar-refractivity contribution in [1.82, 2.24) is 15.5 Å². The number of halogens is 8. The van der Waals surface area contributed by atoms with Crippen LogP contribution in [0, 0.1) is 0 Å². The van der Waals surface area contributed by atoms with E-state index in [-0.39, 0.29) is 123 Å². The summed E-state index contributed by atoms with van der Waals surface area (Å²) in [4.78, 5) is 124. The van der Waals surface area contributed by atoms with Crippen molar-refractivity contribution < 1.29 is 153 Å². The number of nitrogens with two attached hydrogens (primary N) is 1. The second-order valence-electron chi connectivity index (χ2n) is 20.7. The minimum Gasteiger partial charge on any atom is -0.870 e. The quantitative estimate of drug-likeness (QED) is 0.0164. The van der Waals surface area contributed by atoms with Crippen LogP contribution in [0.3, 0.4) is 0 Å². The Morgan fingerprint density at radius 3 is 0.989 bits per heavy atom. The topological polar surface area (TPSA) is 496 Å². The van der Waals surface area contributed by atoms with Gasteiger partial charge in [-0.3, -0.25) is 28.5 Å². The Kier molecular flexibility index (Phi) is 70.3. The minimum atomic E-state index is -1.21. The molecule has 0 saturated heterocycles. The first-order valence-corrected chi connectivity index (χ1v) is 32.1. The van der Waals surface area contributed by atoms with Gasteiger partial charge in [-0.1, -0.05) is 106 Å². The van der Waals surface area contributed by atoms with Gasteiger partial charge in [0.25, 0.3) is 0 Å². The number of aliphatic imine (C=N–C) groups is 3. The summed E-state index contributed by atoms with van der Waals surface area (Å²) in [6.07, 6.45) is 0. The molecule has 0 aromatic heterocycles. The molecule has 0 radical (unpaired) electrons. The summed E-state index contributed by atoms with van der Waals surface area (Å²) in [5.74, 6) is -3.59. The van der Waals surface area contributed by atoms with Crippen LogP contribution in [-0.2, 0) is 62.1 Å².